The fraction of sp³-hybridized carbons (Fsp3) is 0.667. The molecular formula is C6H10N2O. The highest BCUT2D eigenvalue weighted by Crippen LogP contribution is 2.07. The number of aliphatic imine (C=N–C) groups is 1. The van der Waals surface area contributed by atoms with Crippen molar-refractivity contribution < 1.29 is 4.79 Å². The highest BCUT2D eigenvalue weighted by atomic mass is 16.1. The van der Waals surface area contributed by atoms with Crippen LogP contribution >= 0.6 is 0 Å². The first-order chi connectivity index (χ1) is 4.20. The molecule has 1 heterocycles. The molecule has 0 aromatic heterocycles. The number of hydrogen-bond acceptors (Lipinski definition) is 2. The minimum Gasteiger partial charge on any atom is -0.320 e. The molecule has 2 atom stereocenters. The molecular weight excluding hydrogens is 116 g/mol. The van der Waals surface area contributed by atoms with Crippen LogP contribution in [0.1, 0.15) is 13.3 Å². The lowest BCUT2D eigenvalue weighted by molar-refractivity contribution is -0.119. The molecule has 1 unspecified atom stereocenters. The Morgan fingerprint density at radius 1 is 1.89 bits per heavy atom. The number of rotatable bonds is 0. The molecule has 0 saturated heterocycles. The van der Waals surface area contributed by atoms with Crippen molar-refractivity contribution in [2.45, 2.75) is 19.4 Å². The summed E-state index contributed by atoms with van der Waals surface area (Å²) in [6.07, 6.45) is 2.40. The summed E-state index contributed by atoms with van der Waals surface area (Å²) in [6.45, 7) is 2.00. The van der Waals surface area contributed by atoms with Crippen LogP contribution < -0.4 is 5.73 Å². The van der Waals surface area contributed by atoms with Gasteiger partial charge < -0.3 is 5.73 Å². The lowest BCUT2D eigenvalue weighted by atomic mass is 10.0. The maximum atomic E-state index is 10.6. The van der Waals surface area contributed by atoms with Crippen LogP contribution in [0.15, 0.2) is 4.99 Å². The molecule has 3 heteroatoms. The summed E-state index contributed by atoms with van der Waals surface area (Å²) in [5.41, 5.74) is 5.41. The predicted molar refractivity (Wildman–Crippen MR) is 35.3 cm³/mol. The van der Waals surface area contributed by atoms with Crippen LogP contribution in [0.25, 0.3) is 0 Å². The average Bonchev–Trinajstić information content (AvgIpc) is 1.80. The molecule has 50 valence electrons. The summed E-state index contributed by atoms with van der Waals surface area (Å²) < 4.78 is 0. The van der Waals surface area contributed by atoms with E-state index in [4.69, 9.17) is 5.73 Å². The molecule has 0 aromatic rings. The Kier molecular flexibility index (Phi) is 1.62. The SMILES string of the molecule is CC1C=NC(=O)[C@@H](N)C1. The average molecular weight is 126 g/mol. The maximum absolute atomic E-state index is 10.6. The first-order valence-corrected chi connectivity index (χ1v) is 3.04. The van der Waals surface area contributed by atoms with Crippen molar-refractivity contribution in [1.29, 1.82) is 0 Å². The number of amides is 1. The molecule has 0 bridgehead atoms. The van der Waals surface area contributed by atoms with E-state index >= 15 is 0 Å². The van der Waals surface area contributed by atoms with Gasteiger partial charge in [-0.1, -0.05) is 6.92 Å². The molecule has 3 nitrogen and oxygen atoms in total. The smallest absolute Gasteiger partial charge is 0.262 e. The van der Waals surface area contributed by atoms with Crippen LogP contribution in [0.5, 0.6) is 0 Å². The topological polar surface area (TPSA) is 55.5 Å². The first kappa shape index (κ1) is 6.42. The zero-order valence-electron chi connectivity index (χ0n) is 5.37. The standard InChI is InChI=1S/C6H10N2O/c1-4-2-5(7)6(9)8-3-4/h3-5H,2,7H2,1H3/t4?,5-/m0/s1. The molecule has 1 amide bonds. The molecule has 0 aromatic carbocycles. The van der Waals surface area contributed by atoms with E-state index in [2.05, 4.69) is 4.99 Å². The van der Waals surface area contributed by atoms with Crippen LogP contribution in [0.3, 0.4) is 0 Å². The van der Waals surface area contributed by atoms with Gasteiger partial charge in [-0.3, -0.25) is 4.79 Å². The Morgan fingerprint density at radius 2 is 2.56 bits per heavy atom. The Morgan fingerprint density at radius 3 is 3.00 bits per heavy atom. The monoisotopic (exact) mass is 126 g/mol. The lowest BCUT2D eigenvalue weighted by Crippen LogP contribution is -2.34. The molecule has 0 saturated carbocycles. The van der Waals surface area contributed by atoms with Gasteiger partial charge in [0, 0.05) is 6.21 Å². The molecule has 0 fully saturated rings. The van der Waals surface area contributed by atoms with Gasteiger partial charge in [0.15, 0.2) is 0 Å². The van der Waals surface area contributed by atoms with Gasteiger partial charge in [-0.15, -0.1) is 0 Å². The highest BCUT2D eigenvalue weighted by molar-refractivity contribution is 5.91. The number of carbonyl (C=O) groups is 1. The number of nitrogens with zero attached hydrogens (tertiary/aromatic N) is 1. The second kappa shape index (κ2) is 2.27. The Balaban J connectivity index is 2.65. The summed E-state index contributed by atoms with van der Waals surface area (Å²) in [5, 5.41) is 0. The molecule has 1 aliphatic rings. The van der Waals surface area contributed by atoms with Gasteiger partial charge in [0.05, 0.1) is 6.04 Å². The summed E-state index contributed by atoms with van der Waals surface area (Å²) in [6, 6.07) is -0.356. The van der Waals surface area contributed by atoms with Crippen molar-refractivity contribution in [3.05, 3.63) is 0 Å². The van der Waals surface area contributed by atoms with Gasteiger partial charge in [-0.2, -0.15) is 0 Å². The Hall–Kier alpha value is -0.700. The van der Waals surface area contributed by atoms with Crippen LogP contribution in [0.2, 0.25) is 0 Å². The van der Waals surface area contributed by atoms with Gasteiger partial charge in [0.1, 0.15) is 0 Å². The van der Waals surface area contributed by atoms with E-state index in [-0.39, 0.29) is 11.9 Å². The number of nitrogens with two attached hydrogens (primary N) is 1. The fourth-order valence-corrected chi connectivity index (χ4v) is 0.859. The number of carbonyl (C=O) groups excluding carboxylic acids is 1. The van der Waals surface area contributed by atoms with E-state index < -0.39 is 0 Å². The van der Waals surface area contributed by atoms with Crippen molar-refractivity contribution in [3.63, 3.8) is 0 Å². The summed E-state index contributed by atoms with van der Waals surface area (Å²) in [4.78, 5) is 14.2. The molecule has 9 heavy (non-hydrogen) atoms. The van der Waals surface area contributed by atoms with Crippen molar-refractivity contribution in [1.82, 2.24) is 0 Å². The summed E-state index contributed by atoms with van der Waals surface area (Å²) >= 11 is 0. The summed E-state index contributed by atoms with van der Waals surface area (Å²) in [7, 11) is 0. The fourth-order valence-electron chi connectivity index (χ4n) is 0.859. The summed E-state index contributed by atoms with van der Waals surface area (Å²) in [5.74, 6) is 0.172. The van der Waals surface area contributed by atoms with E-state index in [0.717, 1.165) is 6.42 Å². The van der Waals surface area contributed by atoms with Gasteiger partial charge >= 0.3 is 0 Å². The van der Waals surface area contributed by atoms with E-state index in [9.17, 15) is 4.79 Å². The quantitative estimate of drug-likeness (QED) is 0.494. The largest absolute Gasteiger partial charge is 0.320 e. The normalized spacial score (nSPS) is 35.1. The van der Waals surface area contributed by atoms with Crippen LogP contribution in [0.4, 0.5) is 0 Å². The Bertz CT molecular complexity index is 153. The van der Waals surface area contributed by atoms with E-state index in [1.807, 2.05) is 6.92 Å². The third kappa shape index (κ3) is 1.36. The molecule has 0 radical (unpaired) electrons. The van der Waals surface area contributed by atoms with Crippen molar-refractivity contribution >= 4 is 12.1 Å². The maximum Gasteiger partial charge on any atom is 0.262 e. The van der Waals surface area contributed by atoms with Crippen LogP contribution in [-0.4, -0.2) is 18.2 Å². The van der Waals surface area contributed by atoms with Crippen LogP contribution in [-0.2, 0) is 4.79 Å². The second-order valence-electron chi connectivity index (χ2n) is 2.44. The molecule has 0 aliphatic carbocycles. The molecule has 0 spiro atoms. The lowest BCUT2D eigenvalue weighted by Gasteiger charge is -2.14. The minimum absolute atomic E-state index is 0.187. The van der Waals surface area contributed by atoms with Crippen molar-refractivity contribution in [3.8, 4) is 0 Å². The van der Waals surface area contributed by atoms with Crippen LogP contribution in [0, 0.1) is 5.92 Å². The van der Waals surface area contributed by atoms with Gasteiger partial charge in [-0.05, 0) is 12.3 Å². The van der Waals surface area contributed by atoms with Gasteiger partial charge in [0.2, 0.25) is 0 Å². The first-order valence-electron chi connectivity index (χ1n) is 3.04. The number of hydrogen-bond donors (Lipinski definition) is 1. The molecule has 2 N–H and O–H groups in total. The third-order valence-corrected chi connectivity index (χ3v) is 1.40. The third-order valence-electron chi connectivity index (χ3n) is 1.40. The van der Waals surface area contributed by atoms with Crippen molar-refractivity contribution in [2.24, 2.45) is 16.6 Å². The van der Waals surface area contributed by atoms with E-state index in [0.29, 0.717) is 5.92 Å². The predicted octanol–water partition coefficient (Wildman–Crippen LogP) is -0.0491. The Labute approximate surface area is 54.0 Å². The second-order valence-corrected chi connectivity index (χ2v) is 2.44. The van der Waals surface area contributed by atoms with Crippen molar-refractivity contribution in [2.75, 3.05) is 0 Å². The van der Waals surface area contributed by atoms with Gasteiger partial charge in [-0.25, -0.2) is 4.99 Å². The zero-order chi connectivity index (χ0) is 6.85. The molecule has 1 aliphatic heterocycles. The molecule has 1 rings (SSSR count). The van der Waals surface area contributed by atoms with E-state index in [1.54, 1.807) is 6.21 Å². The van der Waals surface area contributed by atoms with Gasteiger partial charge in [0.25, 0.3) is 5.91 Å². The minimum atomic E-state index is -0.356. The van der Waals surface area contributed by atoms with E-state index in [1.165, 1.54) is 0 Å². The zero-order valence-corrected chi connectivity index (χ0v) is 5.37. The highest BCUT2D eigenvalue weighted by Gasteiger charge is 2.18.